The lowest BCUT2D eigenvalue weighted by atomic mass is 9.97. The second-order valence-corrected chi connectivity index (χ2v) is 5.75. The van der Waals surface area contributed by atoms with Crippen LogP contribution in [0.2, 0.25) is 0 Å². The van der Waals surface area contributed by atoms with Crippen LogP contribution in [0.15, 0.2) is 24.3 Å². The molecule has 1 unspecified atom stereocenters. The number of nitrogens with one attached hydrogen (secondary N) is 1. The third-order valence-corrected chi connectivity index (χ3v) is 4.31. The van der Waals surface area contributed by atoms with E-state index in [4.69, 9.17) is 14.2 Å². The summed E-state index contributed by atoms with van der Waals surface area (Å²) in [6.07, 6.45) is 1.88. The minimum absolute atomic E-state index is 0. The molecule has 22 heavy (non-hydrogen) atoms. The number of benzene rings is 1. The lowest BCUT2D eigenvalue weighted by Crippen LogP contribution is -3.14. The number of piperidine rings is 1. The number of hydrogen-bond acceptors (Lipinski definition) is 4. The number of hydrogen-bond donors (Lipinski definition) is 1. The Morgan fingerprint density at radius 3 is 2.64 bits per heavy atom. The van der Waals surface area contributed by atoms with Gasteiger partial charge in [-0.2, -0.15) is 0 Å². The molecule has 0 aromatic heterocycles. The van der Waals surface area contributed by atoms with Crippen LogP contribution in [0.3, 0.4) is 0 Å². The first-order chi connectivity index (χ1) is 10.3. The molecule has 3 rings (SSSR count). The highest BCUT2D eigenvalue weighted by molar-refractivity contribution is 5.72. The van der Waals surface area contributed by atoms with Crippen LogP contribution >= 0.6 is 0 Å². The molecule has 6 heteroatoms. The van der Waals surface area contributed by atoms with Crippen LogP contribution in [-0.2, 0) is 9.53 Å². The Morgan fingerprint density at radius 2 is 1.95 bits per heavy atom. The highest BCUT2D eigenvalue weighted by Crippen LogP contribution is 2.30. The van der Waals surface area contributed by atoms with Crippen molar-refractivity contribution in [3.05, 3.63) is 24.3 Å². The van der Waals surface area contributed by atoms with Crippen molar-refractivity contribution in [1.82, 2.24) is 0 Å². The normalized spacial score (nSPS) is 26.7. The van der Waals surface area contributed by atoms with Gasteiger partial charge in [-0.15, -0.1) is 0 Å². The Hall–Kier alpha value is -1.46. The first kappa shape index (κ1) is 16.9. The monoisotopic (exact) mass is 327 g/mol. The molecule has 2 aliphatic rings. The number of esters is 1. The van der Waals surface area contributed by atoms with E-state index in [1.165, 1.54) is 12.0 Å². The van der Waals surface area contributed by atoms with Crippen LogP contribution in [0, 0.1) is 5.92 Å². The SMILES string of the molecule is COC(=O)C1CC[NH+](CC2COc3ccccc3O2)CC1.[Cl-]. The average Bonchev–Trinajstić information content (AvgIpc) is 2.55. The number of quaternary nitrogens is 1. The minimum Gasteiger partial charge on any atom is -1.00 e. The molecule has 0 bridgehead atoms. The zero-order valence-corrected chi connectivity index (χ0v) is 13.5. The highest BCUT2D eigenvalue weighted by atomic mass is 35.5. The maximum Gasteiger partial charge on any atom is 0.309 e. The standard InChI is InChI=1S/C16H21NO4.ClH/c1-19-16(18)12-6-8-17(9-7-12)10-13-11-20-14-4-2-3-5-15(14)21-13;/h2-5,12-13H,6-11H2,1H3;1H. The smallest absolute Gasteiger partial charge is 0.309 e. The van der Waals surface area contributed by atoms with E-state index < -0.39 is 0 Å². The van der Waals surface area contributed by atoms with E-state index in [-0.39, 0.29) is 30.4 Å². The zero-order chi connectivity index (χ0) is 14.7. The summed E-state index contributed by atoms with van der Waals surface area (Å²) in [6.45, 7) is 3.49. The van der Waals surface area contributed by atoms with E-state index in [2.05, 4.69) is 0 Å². The van der Waals surface area contributed by atoms with Gasteiger partial charge in [-0.05, 0) is 12.1 Å². The predicted molar refractivity (Wildman–Crippen MR) is 76.7 cm³/mol. The fraction of sp³-hybridized carbons (Fsp3) is 0.562. The van der Waals surface area contributed by atoms with Crippen molar-refractivity contribution in [2.45, 2.75) is 18.9 Å². The van der Waals surface area contributed by atoms with Gasteiger partial charge in [0, 0.05) is 12.8 Å². The van der Waals surface area contributed by atoms with Crippen LogP contribution in [0.5, 0.6) is 11.5 Å². The van der Waals surface area contributed by atoms with E-state index >= 15 is 0 Å². The van der Waals surface area contributed by atoms with Gasteiger partial charge in [-0.1, -0.05) is 12.1 Å². The Bertz CT molecular complexity index is 503. The van der Waals surface area contributed by atoms with Crippen LogP contribution < -0.4 is 26.8 Å². The number of halogens is 1. The number of carbonyl (C=O) groups excluding carboxylic acids is 1. The molecule has 1 aromatic rings. The third-order valence-electron chi connectivity index (χ3n) is 4.31. The van der Waals surface area contributed by atoms with Crippen molar-refractivity contribution >= 4 is 5.97 Å². The molecule has 2 aliphatic heterocycles. The van der Waals surface area contributed by atoms with Gasteiger partial charge in [-0.3, -0.25) is 4.79 Å². The van der Waals surface area contributed by atoms with Gasteiger partial charge in [0.2, 0.25) is 0 Å². The fourth-order valence-electron chi connectivity index (χ4n) is 3.12. The summed E-state index contributed by atoms with van der Waals surface area (Å²) >= 11 is 0. The number of rotatable bonds is 3. The summed E-state index contributed by atoms with van der Waals surface area (Å²) in [5.74, 6) is 1.66. The molecular formula is C16H22ClNO4. The van der Waals surface area contributed by atoms with Crippen LogP contribution in [-0.4, -0.2) is 45.4 Å². The van der Waals surface area contributed by atoms with E-state index in [1.807, 2.05) is 24.3 Å². The molecule has 122 valence electrons. The van der Waals surface area contributed by atoms with Crippen molar-refractivity contribution in [1.29, 1.82) is 0 Å². The molecule has 0 spiro atoms. The van der Waals surface area contributed by atoms with Crippen molar-refractivity contribution in [2.75, 3.05) is 33.4 Å². The Morgan fingerprint density at radius 1 is 1.27 bits per heavy atom. The molecule has 1 atom stereocenters. The van der Waals surface area contributed by atoms with Gasteiger partial charge in [-0.25, -0.2) is 0 Å². The number of methoxy groups -OCH3 is 1. The number of carbonyl (C=O) groups is 1. The highest BCUT2D eigenvalue weighted by Gasteiger charge is 2.31. The first-order valence-corrected chi connectivity index (χ1v) is 7.56. The molecule has 1 N–H and O–H groups in total. The molecule has 0 amide bonds. The van der Waals surface area contributed by atoms with Crippen LogP contribution in [0.4, 0.5) is 0 Å². The first-order valence-electron chi connectivity index (χ1n) is 7.56. The Kier molecular flexibility index (Phi) is 5.91. The summed E-state index contributed by atoms with van der Waals surface area (Å²) < 4.78 is 16.6. The van der Waals surface area contributed by atoms with Gasteiger partial charge in [0.1, 0.15) is 13.2 Å². The van der Waals surface area contributed by atoms with E-state index in [0.29, 0.717) is 6.61 Å². The molecule has 1 saturated heterocycles. The molecule has 2 heterocycles. The third kappa shape index (κ3) is 3.84. The summed E-state index contributed by atoms with van der Waals surface area (Å²) in [7, 11) is 1.46. The molecule has 0 radical (unpaired) electrons. The molecular weight excluding hydrogens is 306 g/mol. The summed E-state index contributed by atoms with van der Waals surface area (Å²) in [6, 6.07) is 7.78. The summed E-state index contributed by atoms with van der Waals surface area (Å²) in [5, 5.41) is 0. The predicted octanol–water partition coefficient (Wildman–Crippen LogP) is -2.70. The molecule has 0 aliphatic carbocycles. The van der Waals surface area contributed by atoms with E-state index in [9.17, 15) is 4.79 Å². The van der Waals surface area contributed by atoms with Gasteiger partial charge in [0.15, 0.2) is 17.6 Å². The molecule has 1 aromatic carbocycles. The maximum atomic E-state index is 11.5. The van der Waals surface area contributed by atoms with Crippen molar-refractivity contribution in [2.24, 2.45) is 5.92 Å². The minimum atomic E-state index is -0.0692. The van der Waals surface area contributed by atoms with Gasteiger partial charge < -0.3 is 31.5 Å². The van der Waals surface area contributed by atoms with E-state index in [1.54, 1.807) is 0 Å². The zero-order valence-electron chi connectivity index (χ0n) is 12.7. The summed E-state index contributed by atoms with van der Waals surface area (Å²) in [4.78, 5) is 13.0. The number of ether oxygens (including phenoxy) is 3. The van der Waals surface area contributed by atoms with Gasteiger partial charge in [0.25, 0.3) is 0 Å². The van der Waals surface area contributed by atoms with Gasteiger partial charge in [0.05, 0.1) is 26.1 Å². The fourth-order valence-corrected chi connectivity index (χ4v) is 3.12. The van der Waals surface area contributed by atoms with Gasteiger partial charge >= 0.3 is 5.97 Å². The second-order valence-electron chi connectivity index (χ2n) is 5.75. The van der Waals surface area contributed by atoms with Crippen LogP contribution in [0.1, 0.15) is 12.8 Å². The van der Waals surface area contributed by atoms with Crippen molar-refractivity contribution in [3.8, 4) is 11.5 Å². The molecule has 1 fully saturated rings. The topological polar surface area (TPSA) is 49.2 Å². The number of para-hydroxylation sites is 2. The average molecular weight is 328 g/mol. The number of likely N-dealkylation sites (tertiary alicyclic amines) is 1. The lowest BCUT2D eigenvalue weighted by molar-refractivity contribution is -0.908. The Balaban J connectivity index is 0.00000176. The quantitative estimate of drug-likeness (QED) is 0.614. The molecule has 0 saturated carbocycles. The van der Waals surface area contributed by atoms with Crippen molar-refractivity contribution in [3.63, 3.8) is 0 Å². The van der Waals surface area contributed by atoms with E-state index in [0.717, 1.165) is 44.0 Å². The molecule has 5 nitrogen and oxygen atoms in total. The van der Waals surface area contributed by atoms with Crippen molar-refractivity contribution < 1.29 is 36.3 Å². The van der Waals surface area contributed by atoms with Crippen LogP contribution in [0.25, 0.3) is 0 Å². The maximum absolute atomic E-state index is 11.5. The second kappa shape index (κ2) is 7.70. The summed E-state index contributed by atoms with van der Waals surface area (Å²) in [5.41, 5.74) is 0. The lowest BCUT2D eigenvalue weighted by Gasteiger charge is -2.32. The Labute approximate surface area is 136 Å². The number of fused-ring (bicyclic) bond motifs is 1. The largest absolute Gasteiger partial charge is 1.00 e.